The van der Waals surface area contributed by atoms with Gasteiger partial charge in [-0.1, -0.05) is 42.8 Å². The van der Waals surface area contributed by atoms with Crippen molar-refractivity contribution < 1.29 is 4.39 Å². The molecule has 1 N–H and O–H groups in total. The monoisotopic (exact) mass is 273 g/mol. The Hall–Kier alpha value is -0.410. The summed E-state index contributed by atoms with van der Waals surface area (Å²) in [6, 6.07) is 5.13. The topological polar surface area (TPSA) is 12.0 Å². The van der Waals surface area contributed by atoms with Crippen LogP contribution in [0, 0.1) is 11.7 Å². The number of rotatable bonds is 4. The third kappa shape index (κ3) is 3.28. The Kier molecular flexibility index (Phi) is 4.74. The summed E-state index contributed by atoms with van der Waals surface area (Å²) >= 11 is 3.41. The Labute approximate surface area is 99.2 Å². The molecule has 1 aromatic rings. The van der Waals surface area contributed by atoms with E-state index in [1.54, 1.807) is 0 Å². The molecule has 1 aromatic carbocycles. The average molecular weight is 274 g/mol. The van der Waals surface area contributed by atoms with Crippen LogP contribution in [0.2, 0.25) is 0 Å². The van der Waals surface area contributed by atoms with E-state index in [9.17, 15) is 4.39 Å². The van der Waals surface area contributed by atoms with Gasteiger partial charge in [-0.2, -0.15) is 0 Å². The standard InChI is InChI=1S/C12H17BrFN/c1-4-15-12(8(2)3)10-6-5-9(14)7-11(10)13/h5-8,12,15H,4H2,1-3H3. The van der Waals surface area contributed by atoms with E-state index in [1.807, 2.05) is 6.07 Å². The smallest absolute Gasteiger partial charge is 0.124 e. The van der Waals surface area contributed by atoms with E-state index in [0.29, 0.717) is 5.92 Å². The minimum absolute atomic E-state index is 0.204. The van der Waals surface area contributed by atoms with Crippen molar-refractivity contribution in [1.82, 2.24) is 5.32 Å². The van der Waals surface area contributed by atoms with Crippen LogP contribution in [0.3, 0.4) is 0 Å². The fourth-order valence-electron chi connectivity index (χ4n) is 1.68. The van der Waals surface area contributed by atoms with Crippen molar-refractivity contribution in [1.29, 1.82) is 0 Å². The number of halogens is 2. The Balaban J connectivity index is 3.00. The van der Waals surface area contributed by atoms with Gasteiger partial charge in [0.2, 0.25) is 0 Å². The zero-order valence-electron chi connectivity index (χ0n) is 9.35. The molecular formula is C12H17BrFN. The van der Waals surface area contributed by atoms with Crippen molar-refractivity contribution in [2.75, 3.05) is 6.54 Å². The molecule has 3 heteroatoms. The maximum atomic E-state index is 12.9. The summed E-state index contributed by atoms with van der Waals surface area (Å²) in [5.41, 5.74) is 1.12. The largest absolute Gasteiger partial charge is 0.310 e. The normalized spacial score (nSPS) is 13.2. The summed E-state index contributed by atoms with van der Waals surface area (Å²) in [7, 11) is 0. The molecule has 0 amide bonds. The highest BCUT2D eigenvalue weighted by Crippen LogP contribution is 2.28. The summed E-state index contributed by atoms with van der Waals surface area (Å²) in [4.78, 5) is 0. The number of benzene rings is 1. The molecule has 0 heterocycles. The number of nitrogens with one attached hydrogen (secondary N) is 1. The quantitative estimate of drug-likeness (QED) is 0.878. The first-order valence-corrected chi connectivity index (χ1v) is 6.04. The Morgan fingerprint density at radius 2 is 2.07 bits per heavy atom. The molecule has 1 nitrogen and oxygen atoms in total. The summed E-state index contributed by atoms with van der Waals surface area (Å²) in [5.74, 6) is 0.274. The van der Waals surface area contributed by atoms with E-state index in [2.05, 4.69) is 42.0 Å². The molecule has 0 saturated carbocycles. The second-order valence-corrected chi connectivity index (χ2v) is 4.80. The van der Waals surface area contributed by atoms with Gasteiger partial charge < -0.3 is 5.32 Å². The molecule has 1 atom stereocenters. The summed E-state index contributed by atoms with van der Waals surface area (Å²) < 4.78 is 13.8. The molecule has 0 spiro atoms. The molecule has 1 unspecified atom stereocenters. The highest BCUT2D eigenvalue weighted by Gasteiger charge is 2.17. The highest BCUT2D eigenvalue weighted by atomic mass is 79.9. The number of hydrogen-bond donors (Lipinski definition) is 1. The SMILES string of the molecule is CCNC(c1ccc(F)cc1Br)C(C)C. The van der Waals surface area contributed by atoms with Crippen LogP contribution in [0.4, 0.5) is 4.39 Å². The molecule has 0 aliphatic carbocycles. The van der Waals surface area contributed by atoms with Crippen LogP contribution in [0.5, 0.6) is 0 Å². The van der Waals surface area contributed by atoms with E-state index in [1.165, 1.54) is 12.1 Å². The first-order valence-electron chi connectivity index (χ1n) is 5.24. The van der Waals surface area contributed by atoms with Crippen molar-refractivity contribution in [3.8, 4) is 0 Å². The van der Waals surface area contributed by atoms with Crippen molar-refractivity contribution in [3.63, 3.8) is 0 Å². The van der Waals surface area contributed by atoms with E-state index < -0.39 is 0 Å². The minimum Gasteiger partial charge on any atom is -0.310 e. The predicted molar refractivity (Wildman–Crippen MR) is 65.4 cm³/mol. The van der Waals surface area contributed by atoms with E-state index in [0.717, 1.165) is 16.6 Å². The van der Waals surface area contributed by atoms with E-state index in [4.69, 9.17) is 0 Å². The maximum Gasteiger partial charge on any atom is 0.124 e. The number of hydrogen-bond acceptors (Lipinski definition) is 1. The molecular weight excluding hydrogens is 257 g/mol. The van der Waals surface area contributed by atoms with Gasteiger partial charge in [-0.3, -0.25) is 0 Å². The molecule has 0 radical (unpaired) electrons. The third-order valence-electron chi connectivity index (χ3n) is 2.39. The van der Waals surface area contributed by atoms with Crippen molar-refractivity contribution in [2.45, 2.75) is 26.8 Å². The average Bonchev–Trinajstić information content (AvgIpc) is 2.15. The summed E-state index contributed by atoms with van der Waals surface area (Å²) in [6.07, 6.45) is 0. The highest BCUT2D eigenvalue weighted by molar-refractivity contribution is 9.10. The molecule has 84 valence electrons. The predicted octanol–water partition coefficient (Wildman–Crippen LogP) is 3.89. The first-order chi connectivity index (χ1) is 7.06. The zero-order chi connectivity index (χ0) is 11.4. The summed E-state index contributed by atoms with van der Waals surface area (Å²) in [5, 5.41) is 3.41. The van der Waals surface area contributed by atoms with Crippen LogP contribution in [-0.4, -0.2) is 6.54 Å². The van der Waals surface area contributed by atoms with Crippen LogP contribution in [0.15, 0.2) is 22.7 Å². The van der Waals surface area contributed by atoms with Gasteiger partial charge in [0.1, 0.15) is 5.82 Å². The Morgan fingerprint density at radius 3 is 2.53 bits per heavy atom. The molecule has 15 heavy (non-hydrogen) atoms. The first kappa shape index (κ1) is 12.7. The maximum absolute atomic E-state index is 12.9. The third-order valence-corrected chi connectivity index (χ3v) is 3.08. The fraction of sp³-hybridized carbons (Fsp3) is 0.500. The molecule has 0 fully saturated rings. The molecule has 0 bridgehead atoms. The molecule has 0 saturated heterocycles. The van der Waals surface area contributed by atoms with Crippen LogP contribution in [0.25, 0.3) is 0 Å². The zero-order valence-corrected chi connectivity index (χ0v) is 10.9. The lowest BCUT2D eigenvalue weighted by atomic mass is 9.96. The van der Waals surface area contributed by atoms with Gasteiger partial charge in [0.15, 0.2) is 0 Å². The second-order valence-electron chi connectivity index (χ2n) is 3.95. The van der Waals surface area contributed by atoms with Crippen LogP contribution in [0.1, 0.15) is 32.4 Å². The Morgan fingerprint density at radius 1 is 1.40 bits per heavy atom. The molecule has 0 aliphatic heterocycles. The van der Waals surface area contributed by atoms with Crippen molar-refractivity contribution in [2.24, 2.45) is 5.92 Å². The lowest BCUT2D eigenvalue weighted by molar-refractivity contribution is 0.420. The van der Waals surface area contributed by atoms with Gasteiger partial charge in [0.05, 0.1) is 0 Å². The van der Waals surface area contributed by atoms with E-state index >= 15 is 0 Å². The lowest BCUT2D eigenvalue weighted by Gasteiger charge is -2.23. The van der Waals surface area contributed by atoms with Crippen LogP contribution < -0.4 is 5.32 Å². The van der Waals surface area contributed by atoms with Gasteiger partial charge in [0, 0.05) is 10.5 Å². The molecule has 0 aliphatic rings. The van der Waals surface area contributed by atoms with Gasteiger partial charge in [-0.15, -0.1) is 0 Å². The van der Waals surface area contributed by atoms with Gasteiger partial charge in [0.25, 0.3) is 0 Å². The van der Waals surface area contributed by atoms with Crippen molar-refractivity contribution >= 4 is 15.9 Å². The lowest BCUT2D eigenvalue weighted by Crippen LogP contribution is -2.25. The fourth-order valence-corrected chi connectivity index (χ4v) is 2.28. The second kappa shape index (κ2) is 5.61. The van der Waals surface area contributed by atoms with E-state index in [-0.39, 0.29) is 11.9 Å². The van der Waals surface area contributed by atoms with Crippen LogP contribution in [-0.2, 0) is 0 Å². The van der Waals surface area contributed by atoms with Crippen LogP contribution >= 0.6 is 15.9 Å². The van der Waals surface area contributed by atoms with Gasteiger partial charge >= 0.3 is 0 Å². The van der Waals surface area contributed by atoms with Gasteiger partial charge in [-0.25, -0.2) is 4.39 Å². The molecule has 1 rings (SSSR count). The summed E-state index contributed by atoms with van der Waals surface area (Å²) in [6.45, 7) is 7.30. The minimum atomic E-state index is -0.204. The molecule has 0 aromatic heterocycles. The van der Waals surface area contributed by atoms with Crippen molar-refractivity contribution in [3.05, 3.63) is 34.1 Å². The van der Waals surface area contributed by atoms with Gasteiger partial charge in [-0.05, 0) is 30.2 Å². The Bertz CT molecular complexity index is 325.